The Morgan fingerprint density at radius 1 is 0.886 bits per heavy atom. The topological polar surface area (TPSA) is 75.4 Å². The Kier molecular flexibility index (Phi) is 6.75. The third-order valence-corrected chi connectivity index (χ3v) is 6.22. The fraction of sp³-hybridized carbons (Fsp3) is 0.200. The lowest BCUT2D eigenvalue weighted by atomic mass is 9.87. The van der Waals surface area contributed by atoms with E-state index in [2.05, 4.69) is 12.1 Å². The second-order valence-corrected chi connectivity index (χ2v) is 8.70. The third kappa shape index (κ3) is 5.35. The number of hydrogen-bond donors (Lipinski definition) is 0. The highest BCUT2D eigenvalue weighted by atomic mass is 16.5. The number of nitrogens with zero attached hydrogens (tertiary/aromatic N) is 1. The lowest BCUT2D eigenvalue weighted by molar-refractivity contribution is -0.307. The largest absolute Gasteiger partial charge is 0.546 e. The van der Waals surface area contributed by atoms with Gasteiger partial charge in [0.2, 0.25) is 5.89 Å². The molecule has 1 aliphatic carbocycles. The smallest absolute Gasteiger partial charge is 0.223 e. The van der Waals surface area contributed by atoms with E-state index >= 15 is 0 Å². The van der Waals surface area contributed by atoms with Gasteiger partial charge in [-0.3, -0.25) is 0 Å². The monoisotopic (exact) mass is 464 g/mol. The fourth-order valence-electron chi connectivity index (χ4n) is 4.58. The van der Waals surface area contributed by atoms with E-state index in [1.54, 1.807) is 6.07 Å². The van der Waals surface area contributed by atoms with Crippen molar-refractivity contribution >= 4 is 11.5 Å². The van der Waals surface area contributed by atoms with Gasteiger partial charge in [-0.25, -0.2) is 4.98 Å². The summed E-state index contributed by atoms with van der Waals surface area (Å²) in [5.74, 6) is 0.752. The SMILES string of the molecule is O=C([O-])COc1cccc(CC2=C(c3nc(-c4ccccc4)c(-c4ccccc4)o3)CCCC2)c1. The van der Waals surface area contributed by atoms with E-state index in [4.69, 9.17) is 14.1 Å². The van der Waals surface area contributed by atoms with Crippen molar-refractivity contribution in [2.45, 2.75) is 32.1 Å². The van der Waals surface area contributed by atoms with Gasteiger partial charge in [0.1, 0.15) is 18.1 Å². The van der Waals surface area contributed by atoms with Crippen molar-refractivity contribution in [3.05, 3.63) is 102 Å². The van der Waals surface area contributed by atoms with E-state index in [0.717, 1.165) is 65.8 Å². The maximum atomic E-state index is 10.7. The van der Waals surface area contributed by atoms with Gasteiger partial charge in [0.05, 0.1) is 5.97 Å². The first kappa shape index (κ1) is 22.7. The fourth-order valence-corrected chi connectivity index (χ4v) is 4.58. The number of ether oxygens (including phenoxy) is 1. The Morgan fingerprint density at radius 2 is 1.60 bits per heavy atom. The molecule has 0 radical (unpaired) electrons. The number of carbonyl (C=O) groups is 1. The average Bonchev–Trinajstić information content (AvgIpc) is 3.34. The summed E-state index contributed by atoms with van der Waals surface area (Å²) in [5.41, 5.74) is 6.40. The first-order valence-corrected chi connectivity index (χ1v) is 11.9. The maximum absolute atomic E-state index is 10.7. The molecule has 0 fully saturated rings. The van der Waals surface area contributed by atoms with Crippen LogP contribution in [0.2, 0.25) is 0 Å². The molecule has 0 spiro atoms. The first-order valence-electron chi connectivity index (χ1n) is 11.9. The van der Waals surface area contributed by atoms with Gasteiger partial charge in [0.25, 0.3) is 0 Å². The van der Waals surface area contributed by atoms with Crippen LogP contribution in [-0.2, 0) is 11.2 Å². The Morgan fingerprint density at radius 3 is 2.34 bits per heavy atom. The van der Waals surface area contributed by atoms with Crippen LogP contribution in [0.1, 0.15) is 37.1 Å². The number of carbonyl (C=O) groups excluding carboxylic acids is 1. The van der Waals surface area contributed by atoms with Gasteiger partial charge in [0, 0.05) is 16.7 Å². The molecule has 0 saturated carbocycles. The molecule has 176 valence electrons. The van der Waals surface area contributed by atoms with Gasteiger partial charge in [0.15, 0.2) is 5.76 Å². The minimum atomic E-state index is -1.24. The summed E-state index contributed by atoms with van der Waals surface area (Å²) in [5, 5.41) is 10.7. The molecule has 0 saturated heterocycles. The van der Waals surface area contributed by atoms with Crippen molar-refractivity contribution in [2.75, 3.05) is 6.61 Å². The van der Waals surface area contributed by atoms with Crippen molar-refractivity contribution in [2.24, 2.45) is 0 Å². The molecule has 0 aliphatic heterocycles. The maximum Gasteiger partial charge on any atom is 0.223 e. The second-order valence-electron chi connectivity index (χ2n) is 8.70. The van der Waals surface area contributed by atoms with Crippen LogP contribution in [0.4, 0.5) is 0 Å². The van der Waals surface area contributed by atoms with Crippen molar-refractivity contribution in [1.29, 1.82) is 0 Å². The van der Waals surface area contributed by atoms with E-state index in [-0.39, 0.29) is 0 Å². The number of allylic oxidation sites excluding steroid dienone is 2. The second kappa shape index (κ2) is 10.4. The van der Waals surface area contributed by atoms with Gasteiger partial charge in [-0.15, -0.1) is 0 Å². The molecule has 0 bridgehead atoms. The van der Waals surface area contributed by atoms with Crippen LogP contribution in [0.5, 0.6) is 5.75 Å². The zero-order chi connectivity index (χ0) is 24.0. The molecule has 0 N–H and O–H groups in total. The third-order valence-electron chi connectivity index (χ3n) is 6.22. The number of hydrogen-bond acceptors (Lipinski definition) is 5. The molecule has 5 nitrogen and oxygen atoms in total. The standard InChI is InChI=1S/C30H27NO4/c32-27(33)20-34-25-16-9-10-21(19-25)18-24-15-7-8-17-26(24)30-31-28(22-11-3-1-4-12-22)29(35-30)23-13-5-2-6-14-23/h1-6,9-14,16,19H,7-8,15,17-18,20H2,(H,32,33)/p-1. The highest BCUT2D eigenvalue weighted by Crippen LogP contribution is 2.39. The molecule has 0 unspecified atom stereocenters. The lowest BCUT2D eigenvalue weighted by Gasteiger charge is -2.19. The first-order chi connectivity index (χ1) is 17.2. The molecule has 35 heavy (non-hydrogen) atoms. The predicted molar refractivity (Wildman–Crippen MR) is 133 cm³/mol. The van der Waals surface area contributed by atoms with Crippen LogP contribution in [0.15, 0.2) is 94.9 Å². The number of carboxylic acids is 1. The predicted octanol–water partition coefficient (Wildman–Crippen LogP) is 5.71. The van der Waals surface area contributed by atoms with Crippen molar-refractivity contribution in [3.63, 3.8) is 0 Å². The summed E-state index contributed by atoms with van der Waals surface area (Å²) in [4.78, 5) is 15.8. The number of benzene rings is 3. The number of oxazole rings is 1. The van der Waals surface area contributed by atoms with Crippen LogP contribution in [0.25, 0.3) is 28.2 Å². The lowest BCUT2D eigenvalue weighted by Crippen LogP contribution is -2.28. The Hall–Kier alpha value is -4.12. The number of rotatable bonds is 8. The average molecular weight is 465 g/mol. The number of aliphatic carboxylic acids is 1. The van der Waals surface area contributed by atoms with Crippen LogP contribution in [0.3, 0.4) is 0 Å². The summed E-state index contributed by atoms with van der Waals surface area (Å²) >= 11 is 0. The molecule has 1 heterocycles. The molecule has 0 atom stereocenters. The molecule has 3 aromatic carbocycles. The molecule has 1 aliphatic rings. The Bertz CT molecular complexity index is 1280. The highest BCUT2D eigenvalue weighted by molar-refractivity contribution is 5.79. The minimum Gasteiger partial charge on any atom is -0.546 e. The normalized spacial score (nSPS) is 13.6. The van der Waals surface area contributed by atoms with Gasteiger partial charge in [-0.05, 0) is 49.8 Å². The molecule has 1 aromatic heterocycles. The van der Waals surface area contributed by atoms with E-state index in [9.17, 15) is 9.90 Å². The Labute approximate surface area is 204 Å². The van der Waals surface area contributed by atoms with E-state index in [0.29, 0.717) is 11.6 Å². The number of carboxylic acid groups (broad SMARTS) is 1. The van der Waals surface area contributed by atoms with Crippen molar-refractivity contribution < 1.29 is 19.1 Å². The van der Waals surface area contributed by atoms with Crippen molar-refractivity contribution in [1.82, 2.24) is 4.98 Å². The molecule has 5 heteroatoms. The van der Waals surface area contributed by atoms with Gasteiger partial charge >= 0.3 is 0 Å². The highest BCUT2D eigenvalue weighted by Gasteiger charge is 2.23. The summed E-state index contributed by atoms with van der Waals surface area (Å²) < 4.78 is 11.8. The molecule has 5 rings (SSSR count). The summed E-state index contributed by atoms with van der Waals surface area (Å²) in [6, 6.07) is 27.8. The van der Waals surface area contributed by atoms with Crippen molar-refractivity contribution in [3.8, 4) is 28.3 Å². The zero-order valence-corrected chi connectivity index (χ0v) is 19.4. The van der Waals surface area contributed by atoms with E-state index < -0.39 is 12.6 Å². The van der Waals surface area contributed by atoms with Gasteiger partial charge in [-0.2, -0.15) is 0 Å². The number of aromatic nitrogens is 1. The van der Waals surface area contributed by atoms with Crippen LogP contribution in [-0.4, -0.2) is 17.6 Å². The zero-order valence-electron chi connectivity index (χ0n) is 19.4. The van der Waals surface area contributed by atoms with E-state index in [1.165, 1.54) is 5.57 Å². The molecular formula is C30H26NO4-. The van der Waals surface area contributed by atoms with Crippen LogP contribution < -0.4 is 9.84 Å². The summed E-state index contributed by atoms with van der Waals surface area (Å²) in [6.07, 6.45) is 4.85. The van der Waals surface area contributed by atoms with Crippen LogP contribution in [0, 0.1) is 0 Å². The van der Waals surface area contributed by atoms with E-state index in [1.807, 2.05) is 66.7 Å². The summed E-state index contributed by atoms with van der Waals surface area (Å²) in [7, 11) is 0. The summed E-state index contributed by atoms with van der Waals surface area (Å²) in [6.45, 7) is -0.460. The quantitative estimate of drug-likeness (QED) is 0.334. The van der Waals surface area contributed by atoms with Gasteiger partial charge < -0.3 is 19.1 Å². The van der Waals surface area contributed by atoms with Crippen LogP contribution >= 0.6 is 0 Å². The molecule has 4 aromatic rings. The molecule has 0 amide bonds. The van der Waals surface area contributed by atoms with Gasteiger partial charge in [-0.1, -0.05) is 78.4 Å². The Balaban J connectivity index is 1.52. The minimum absolute atomic E-state index is 0.460. The molecular weight excluding hydrogens is 438 g/mol.